The summed E-state index contributed by atoms with van der Waals surface area (Å²) in [5.41, 5.74) is 2.33. The molecule has 0 unspecified atom stereocenters. The molecule has 0 saturated carbocycles. The smallest absolute Gasteiger partial charge is 0.119 e. The lowest BCUT2D eigenvalue weighted by Gasteiger charge is -2.01. The Morgan fingerprint density at radius 3 is 2.59 bits per heavy atom. The van der Waals surface area contributed by atoms with Crippen LogP contribution in [0.5, 0.6) is 5.75 Å². The van der Waals surface area contributed by atoms with E-state index in [9.17, 15) is 0 Å². The van der Waals surface area contributed by atoms with Crippen LogP contribution in [-0.2, 0) is 0 Å². The van der Waals surface area contributed by atoms with E-state index in [-0.39, 0.29) is 0 Å². The molecule has 0 spiro atoms. The van der Waals surface area contributed by atoms with E-state index in [1.54, 1.807) is 7.11 Å². The molecule has 1 heterocycles. The number of aromatic nitrogens is 1. The third-order valence-corrected chi connectivity index (χ3v) is 3.10. The first kappa shape index (κ1) is 9.97. The lowest BCUT2D eigenvalue weighted by atomic mass is 10.1. The molecule has 0 bridgehead atoms. The Balaban J connectivity index is 2.54. The maximum absolute atomic E-state index is 5.28. The number of rotatable bonds is 2. The van der Waals surface area contributed by atoms with E-state index in [0.717, 1.165) is 11.3 Å². The Kier molecular flexibility index (Phi) is 2.15. The second-order valence-corrected chi connectivity index (χ2v) is 3.95. The Morgan fingerprint density at radius 1 is 1.06 bits per heavy atom. The van der Waals surface area contributed by atoms with Crippen molar-refractivity contribution >= 4 is 28.0 Å². The van der Waals surface area contributed by atoms with Gasteiger partial charge in [0.25, 0.3) is 0 Å². The van der Waals surface area contributed by atoms with Gasteiger partial charge in [-0.3, -0.25) is 0 Å². The molecule has 2 heteroatoms. The number of ether oxygens (including phenoxy) is 1. The molecular formula is C15H13NO. The molecule has 84 valence electrons. The molecule has 0 aliphatic rings. The molecule has 0 saturated heterocycles. The van der Waals surface area contributed by atoms with E-state index in [1.165, 1.54) is 16.3 Å². The minimum absolute atomic E-state index is 0.879. The van der Waals surface area contributed by atoms with Crippen LogP contribution in [0.25, 0.3) is 28.0 Å². The van der Waals surface area contributed by atoms with Gasteiger partial charge in [0.05, 0.1) is 18.1 Å². The van der Waals surface area contributed by atoms with Crippen molar-refractivity contribution in [1.29, 1.82) is 0 Å². The van der Waals surface area contributed by atoms with Crippen molar-refractivity contribution < 1.29 is 4.74 Å². The predicted molar refractivity (Wildman–Crippen MR) is 72.4 cm³/mol. The zero-order valence-corrected chi connectivity index (χ0v) is 9.68. The summed E-state index contributed by atoms with van der Waals surface area (Å²) in [7, 11) is 1.69. The third kappa shape index (κ3) is 1.34. The molecule has 1 aromatic heterocycles. The number of benzene rings is 2. The fourth-order valence-corrected chi connectivity index (χ4v) is 2.31. The average molecular weight is 223 g/mol. The lowest BCUT2D eigenvalue weighted by molar-refractivity contribution is 0.415. The number of methoxy groups -OCH3 is 1. The van der Waals surface area contributed by atoms with Gasteiger partial charge in [-0.15, -0.1) is 0 Å². The van der Waals surface area contributed by atoms with Gasteiger partial charge in [0.15, 0.2) is 0 Å². The highest BCUT2D eigenvalue weighted by Crippen LogP contribution is 2.31. The zero-order valence-electron chi connectivity index (χ0n) is 9.68. The van der Waals surface area contributed by atoms with Gasteiger partial charge in [-0.25, -0.2) is 0 Å². The van der Waals surface area contributed by atoms with Crippen LogP contribution in [0, 0.1) is 0 Å². The second-order valence-electron chi connectivity index (χ2n) is 3.95. The van der Waals surface area contributed by atoms with E-state index in [0.29, 0.717) is 0 Å². The van der Waals surface area contributed by atoms with Gasteiger partial charge in [-0.2, -0.15) is 0 Å². The van der Waals surface area contributed by atoms with E-state index >= 15 is 0 Å². The van der Waals surface area contributed by atoms with Crippen molar-refractivity contribution in [1.82, 2.24) is 4.57 Å². The van der Waals surface area contributed by atoms with Gasteiger partial charge in [0.1, 0.15) is 5.75 Å². The van der Waals surface area contributed by atoms with Gasteiger partial charge in [0.2, 0.25) is 0 Å². The van der Waals surface area contributed by atoms with Crippen molar-refractivity contribution in [3.8, 4) is 5.75 Å². The molecular weight excluding hydrogens is 210 g/mol. The maximum atomic E-state index is 5.28. The van der Waals surface area contributed by atoms with Crippen molar-refractivity contribution in [3.63, 3.8) is 0 Å². The van der Waals surface area contributed by atoms with Crippen LogP contribution in [0.2, 0.25) is 0 Å². The second kappa shape index (κ2) is 3.67. The van der Waals surface area contributed by atoms with E-state index in [4.69, 9.17) is 4.74 Å². The first-order valence-electron chi connectivity index (χ1n) is 5.54. The molecule has 0 aliphatic heterocycles. The van der Waals surface area contributed by atoms with Gasteiger partial charge in [-0.1, -0.05) is 24.8 Å². The van der Waals surface area contributed by atoms with Crippen LogP contribution in [0.15, 0.2) is 49.0 Å². The molecule has 2 aromatic carbocycles. The van der Waals surface area contributed by atoms with E-state index in [1.807, 2.05) is 18.3 Å². The summed E-state index contributed by atoms with van der Waals surface area (Å²) in [4.78, 5) is 0. The van der Waals surface area contributed by atoms with Crippen LogP contribution in [-0.4, -0.2) is 11.7 Å². The van der Waals surface area contributed by atoms with Gasteiger partial charge >= 0.3 is 0 Å². The predicted octanol–water partition coefficient (Wildman–Crippen LogP) is 3.90. The summed E-state index contributed by atoms with van der Waals surface area (Å²) in [6.45, 7) is 3.88. The van der Waals surface area contributed by atoms with Crippen molar-refractivity contribution in [2.45, 2.75) is 0 Å². The Hall–Kier alpha value is -2.22. The van der Waals surface area contributed by atoms with Crippen molar-refractivity contribution in [2.24, 2.45) is 0 Å². The van der Waals surface area contributed by atoms with E-state index < -0.39 is 0 Å². The first-order chi connectivity index (χ1) is 8.35. The molecule has 0 N–H and O–H groups in total. The summed E-state index contributed by atoms with van der Waals surface area (Å²) in [6, 6.07) is 14.4. The molecule has 0 fully saturated rings. The highest BCUT2D eigenvalue weighted by Gasteiger charge is 2.08. The molecule has 0 aliphatic carbocycles. The first-order valence-corrected chi connectivity index (χ1v) is 5.54. The summed E-state index contributed by atoms with van der Waals surface area (Å²) in [5.74, 6) is 0.879. The number of hydrogen-bond acceptors (Lipinski definition) is 1. The van der Waals surface area contributed by atoms with Crippen LogP contribution in [0.1, 0.15) is 0 Å². The monoisotopic (exact) mass is 223 g/mol. The maximum Gasteiger partial charge on any atom is 0.119 e. The van der Waals surface area contributed by atoms with Crippen LogP contribution < -0.4 is 4.74 Å². The molecule has 2 nitrogen and oxygen atoms in total. The van der Waals surface area contributed by atoms with Gasteiger partial charge in [-0.05, 0) is 24.3 Å². The Bertz CT molecular complexity index is 709. The topological polar surface area (TPSA) is 14.2 Å². The molecule has 0 atom stereocenters. The van der Waals surface area contributed by atoms with Crippen LogP contribution in [0.3, 0.4) is 0 Å². The lowest BCUT2D eigenvalue weighted by Crippen LogP contribution is -1.85. The molecule has 0 radical (unpaired) electrons. The SMILES string of the molecule is C=Cn1c2ccccc2c2cc(OC)ccc21. The highest BCUT2D eigenvalue weighted by molar-refractivity contribution is 6.09. The quantitative estimate of drug-likeness (QED) is 0.642. The summed E-state index contributed by atoms with van der Waals surface area (Å²) < 4.78 is 7.38. The Labute approximate surface area is 99.7 Å². The number of para-hydroxylation sites is 1. The van der Waals surface area contributed by atoms with Gasteiger partial charge < -0.3 is 9.30 Å². The number of nitrogens with zero attached hydrogens (tertiary/aromatic N) is 1. The zero-order chi connectivity index (χ0) is 11.8. The number of hydrogen-bond donors (Lipinski definition) is 0. The highest BCUT2D eigenvalue weighted by atomic mass is 16.5. The molecule has 17 heavy (non-hydrogen) atoms. The third-order valence-electron chi connectivity index (χ3n) is 3.10. The normalized spacial score (nSPS) is 10.9. The number of fused-ring (bicyclic) bond motifs is 3. The van der Waals surface area contributed by atoms with Crippen molar-refractivity contribution in [2.75, 3.05) is 7.11 Å². The summed E-state index contributed by atoms with van der Waals surface area (Å²) in [6.07, 6.45) is 1.84. The standard InChI is InChI=1S/C15H13NO/c1-3-16-14-7-5-4-6-12(14)13-10-11(17-2)8-9-15(13)16/h3-10H,1H2,2H3. The van der Waals surface area contributed by atoms with Crippen molar-refractivity contribution in [3.05, 3.63) is 49.0 Å². The van der Waals surface area contributed by atoms with Crippen LogP contribution >= 0.6 is 0 Å². The summed E-state index contributed by atoms with van der Waals surface area (Å²) in [5, 5.41) is 2.42. The average Bonchev–Trinajstić information content (AvgIpc) is 2.71. The Morgan fingerprint density at radius 2 is 1.82 bits per heavy atom. The molecule has 3 rings (SSSR count). The fraction of sp³-hybridized carbons (Fsp3) is 0.0667. The molecule has 3 aromatic rings. The minimum atomic E-state index is 0.879. The minimum Gasteiger partial charge on any atom is -0.497 e. The van der Waals surface area contributed by atoms with Crippen LogP contribution in [0.4, 0.5) is 0 Å². The molecule has 0 amide bonds. The largest absolute Gasteiger partial charge is 0.497 e. The summed E-state index contributed by atoms with van der Waals surface area (Å²) >= 11 is 0. The van der Waals surface area contributed by atoms with E-state index in [2.05, 4.69) is 41.5 Å². The van der Waals surface area contributed by atoms with Gasteiger partial charge in [0, 0.05) is 17.0 Å². The fourth-order valence-electron chi connectivity index (χ4n) is 2.31.